The smallest absolute Gasteiger partial charge is 0.411 e. The highest BCUT2D eigenvalue weighted by Gasteiger charge is 2.27. The summed E-state index contributed by atoms with van der Waals surface area (Å²) in [5.41, 5.74) is 0.169. The van der Waals surface area contributed by atoms with E-state index in [1.165, 1.54) is 25.3 Å². The van der Waals surface area contributed by atoms with Gasteiger partial charge in [0.25, 0.3) is 0 Å². The van der Waals surface area contributed by atoms with Crippen LogP contribution in [0.1, 0.15) is 10.4 Å². The molecule has 100 valence electrons. The first-order valence-electron chi connectivity index (χ1n) is 4.84. The van der Waals surface area contributed by atoms with E-state index < -0.39 is 25.2 Å². The van der Waals surface area contributed by atoms with Crippen LogP contribution in [0, 0.1) is 0 Å². The van der Waals surface area contributed by atoms with Crippen LogP contribution in [0.25, 0.3) is 0 Å². The standard InChI is InChI=1S/C11H10ClF3O3/c1-17-10-3-2-7(4-8(10)12)9(16)5-18-6-11(13,14)15/h2-4H,5-6H2,1H3. The molecule has 0 N–H and O–H groups in total. The first-order chi connectivity index (χ1) is 8.33. The Kier molecular flexibility index (Phi) is 4.98. The maximum atomic E-state index is 11.8. The first-order valence-corrected chi connectivity index (χ1v) is 5.22. The minimum absolute atomic E-state index is 0.169. The molecule has 0 aromatic heterocycles. The summed E-state index contributed by atoms with van der Waals surface area (Å²) < 4.78 is 44.5. The Hall–Kier alpha value is -1.27. The molecule has 0 spiro atoms. The zero-order valence-electron chi connectivity index (χ0n) is 9.38. The van der Waals surface area contributed by atoms with E-state index in [2.05, 4.69) is 4.74 Å². The summed E-state index contributed by atoms with van der Waals surface area (Å²) in [5, 5.41) is 0.208. The fourth-order valence-electron chi connectivity index (χ4n) is 1.18. The number of methoxy groups -OCH3 is 1. The molecule has 0 radical (unpaired) electrons. The maximum absolute atomic E-state index is 11.8. The molecule has 0 bridgehead atoms. The van der Waals surface area contributed by atoms with E-state index in [0.717, 1.165) is 0 Å². The molecule has 0 saturated heterocycles. The summed E-state index contributed by atoms with van der Waals surface area (Å²) in [7, 11) is 1.41. The van der Waals surface area contributed by atoms with Crippen molar-refractivity contribution in [2.75, 3.05) is 20.3 Å². The van der Waals surface area contributed by atoms with E-state index in [9.17, 15) is 18.0 Å². The number of carbonyl (C=O) groups excluding carboxylic acids is 1. The van der Waals surface area contributed by atoms with Crippen molar-refractivity contribution < 1.29 is 27.4 Å². The van der Waals surface area contributed by atoms with Gasteiger partial charge in [-0.05, 0) is 18.2 Å². The molecule has 7 heteroatoms. The van der Waals surface area contributed by atoms with E-state index in [0.29, 0.717) is 5.75 Å². The molecule has 0 atom stereocenters. The summed E-state index contributed by atoms with van der Waals surface area (Å²) in [5.74, 6) is -0.201. The van der Waals surface area contributed by atoms with Gasteiger partial charge < -0.3 is 9.47 Å². The van der Waals surface area contributed by atoms with Crippen LogP contribution in [0.3, 0.4) is 0 Å². The van der Waals surface area contributed by atoms with Crippen molar-refractivity contribution in [3.8, 4) is 5.75 Å². The van der Waals surface area contributed by atoms with Gasteiger partial charge in [0, 0.05) is 5.56 Å². The van der Waals surface area contributed by atoms with Crippen LogP contribution in [-0.4, -0.2) is 32.3 Å². The highest BCUT2D eigenvalue weighted by Crippen LogP contribution is 2.25. The van der Waals surface area contributed by atoms with Crippen molar-refractivity contribution in [2.24, 2.45) is 0 Å². The number of hydrogen-bond donors (Lipinski definition) is 0. The Morgan fingerprint density at radius 2 is 2.06 bits per heavy atom. The predicted molar refractivity (Wildman–Crippen MR) is 59.2 cm³/mol. The number of ether oxygens (including phenoxy) is 2. The van der Waals surface area contributed by atoms with Gasteiger partial charge in [-0.25, -0.2) is 0 Å². The molecule has 18 heavy (non-hydrogen) atoms. The summed E-state index contributed by atoms with van der Waals surface area (Å²) in [6, 6.07) is 4.18. The number of ketones is 1. The van der Waals surface area contributed by atoms with Gasteiger partial charge in [-0.1, -0.05) is 11.6 Å². The SMILES string of the molecule is COc1ccc(C(=O)COCC(F)(F)F)cc1Cl. The number of halogens is 4. The Morgan fingerprint density at radius 3 is 2.56 bits per heavy atom. The second kappa shape index (κ2) is 6.06. The lowest BCUT2D eigenvalue weighted by Crippen LogP contribution is -2.20. The largest absolute Gasteiger partial charge is 0.495 e. The molecule has 0 fully saturated rings. The van der Waals surface area contributed by atoms with Crippen molar-refractivity contribution >= 4 is 17.4 Å². The predicted octanol–water partition coefficient (Wildman–Crippen LogP) is 3.11. The topological polar surface area (TPSA) is 35.5 Å². The van der Waals surface area contributed by atoms with Gasteiger partial charge in [0.05, 0.1) is 12.1 Å². The third-order valence-electron chi connectivity index (χ3n) is 1.97. The quantitative estimate of drug-likeness (QED) is 0.779. The van der Waals surface area contributed by atoms with E-state index in [1.807, 2.05) is 0 Å². The van der Waals surface area contributed by atoms with Crippen molar-refractivity contribution in [1.82, 2.24) is 0 Å². The fourth-order valence-corrected chi connectivity index (χ4v) is 1.44. The lowest BCUT2D eigenvalue weighted by atomic mass is 10.1. The zero-order valence-corrected chi connectivity index (χ0v) is 10.1. The number of rotatable bonds is 5. The fraction of sp³-hybridized carbons (Fsp3) is 0.364. The molecule has 1 rings (SSSR count). The van der Waals surface area contributed by atoms with Crippen LogP contribution in [0.15, 0.2) is 18.2 Å². The zero-order chi connectivity index (χ0) is 13.8. The molecule has 0 unspecified atom stereocenters. The van der Waals surface area contributed by atoms with Gasteiger partial charge in [0.15, 0.2) is 5.78 Å². The second-order valence-electron chi connectivity index (χ2n) is 3.38. The lowest BCUT2D eigenvalue weighted by Gasteiger charge is -2.08. The van der Waals surface area contributed by atoms with E-state index in [4.69, 9.17) is 16.3 Å². The second-order valence-corrected chi connectivity index (χ2v) is 3.79. The Labute approximate surface area is 106 Å². The number of Topliss-reactive ketones (excluding diaryl/α,β-unsaturated/α-hetero) is 1. The average Bonchev–Trinajstić information content (AvgIpc) is 2.27. The minimum Gasteiger partial charge on any atom is -0.495 e. The maximum Gasteiger partial charge on any atom is 0.411 e. The summed E-state index contributed by atoms with van der Waals surface area (Å²) in [4.78, 5) is 11.5. The van der Waals surface area contributed by atoms with Crippen LogP contribution in [0.2, 0.25) is 5.02 Å². The Balaban J connectivity index is 2.59. The molecule has 0 amide bonds. The Morgan fingerprint density at radius 1 is 1.39 bits per heavy atom. The van der Waals surface area contributed by atoms with Gasteiger partial charge in [-0.3, -0.25) is 4.79 Å². The van der Waals surface area contributed by atoms with Gasteiger partial charge in [0.2, 0.25) is 0 Å². The van der Waals surface area contributed by atoms with Gasteiger partial charge in [0.1, 0.15) is 19.0 Å². The molecular weight excluding hydrogens is 273 g/mol. The summed E-state index contributed by atoms with van der Waals surface area (Å²) >= 11 is 5.78. The van der Waals surface area contributed by atoms with Crippen LogP contribution in [-0.2, 0) is 4.74 Å². The van der Waals surface area contributed by atoms with Crippen LogP contribution < -0.4 is 4.74 Å². The molecule has 3 nitrogen and oxygen atoms in total. The highest BCUT2D eigenvalue weighted by molar-refractivity contribution is 6.32. The lowest BCUT2D eigenvalue weighted by molar-refractivity contribution is -0.170. The van der Waals surface area contributed by atoms with Gasteiger partial charge in [-0.2, -0.15) is 13.2 Å². The van der Waals surface area contributed by atoms with Crippen LogP contribution in [0.4, 0.5) is 13.2 Å². The summed E-state index contributed by atoms with van der Waals surface area (Å²) in [6.07, 6.45) is -4.45. The van der Waals surface area contributed by atoms with E-state index >= 15 is 0 Å². The molecule has 0 saturated carbocycles. The molecule has 0 heterocycles. The third-order valence-corrected chi connectivity index (χ3v) is 2.27. The monoisotopic (exact) mass is 282 g/mol. The molecule has 0 aliphatic heterocycles. The first kappa shape index (κ1) is 14.8. The molecule has 1 aromatic rings. The Bertz CT molecular complexity index is 432. The van der Waals surface area contributed by atoms with Gasteiger partial charge in [-0.15, -0.1) is 0 Å². The normalized spacial score (nSPS) is 11.4. The number of carbonyl (C=O) groups is 1. The molecular formula is C11H10ClF3O3. The van der Waals surface area contributed by atoms with Crippen molar-refractivity contribution in [3.63, 3.8) is 0 Å². The summed E-state index contributed by atoms with van der Waals surface area (Å²) in [6.45, 7) is -2.11. The number of benzene rings is 1. The van der Waals surface area contributed by atoms with Crippen molar-refractivity contribution in [2.45, 2.75) is 6.18 Å². The van der Waals surface area contributed by atoms with E-state index in [1.54, 1.807) is 0 Å². The van der Waals surface area contributed by atoms with Crippen molar-refractivity contribution in [1.29, 1.82) is 0 Å². The molecule has 0 aliphatic carbocycles. The van der Waals surface area contributed by atoms with Gasteiger partial charge >= 0.3 is 6.18 Å². The molecule has 0 aliphatic rings. The van der Waals surface area contributed by atoms with E-state index in [-0.39, 0.29) is 10.6 Å². The highest BCUT2D eigenvalue weighted by atomic mass is 35.5. The minimum atomic E-state index is -4.45. The van der Waals surface area contributed by atoms with Crippen LogP contribution in [0.5, 0.6) is 5.75 Å². The number of hydrogen-bond acceptors (Lipinski definition) is 3. The number of alkyl halides is 3. The van der Waals surface area contributed by atoms with Crippen molar-refractivity contribution in [3.05, 3.63) is 28.8 Å². The third kappa shape index (κ3) is 4.54. The molecule has 1 aromatic carbocycles. The average molecular weight is 283 g/mol. The van der Waals surface area contributed by atoms with Crippen LogP contribution >= 0.6 is 11.6 Å².